The molecular formula is H26O15. The lowest BCUT2D eigenvalue weighted by Crippen LogP contribution is -1.29. The minimum atomic E-state index is 0. The SMILES string of the molecule is O.O.O.O.O.O.O.O.O.O.O.OO.OO. The molecule has 0 aliphatic carbocycles. The minimum absolute atomic E-state index is 0. The van der Waals surface area contributed by atoms with Gasteiger partial charge in [0.1, 0.15) is 0 Å². The van der Waals surface area contributed by atoms with Crippen LogP contribution in [0.4, 0.5) is 0 Å². The van der Waals surface area contributed by atoms with Crippen LogP contribution in [-0.2, 0) is 0 Å². The number of hydrogen-bond acceptors (Lipinski definition) is 4. The maximum absolute atomic E-state index is 6.00. The molecule has 15 nitrogen and oxygen atoms in total. The first-order valence-electron chi connectivity index (χ1n) is 0.400. The highest BCUT2D eigenvalue weighted by atomic mass is 17.0. The van der Waals surface area contributed by atoms with E-state index < -0.39 is 0 Å². The van der Waals surface area contributed by atoms with Gasteiger partial charge in [-0.25, -0.2) is 0 Å². The van der Waals surface area contributed by atoms with Crippen LogP contribution in [0.2, 0.25) is 0 Å². The molecule has 15 heteroatoms. The van der Waals surface area contributed by atoms with Gasteiger partial charge in [0.15, 0.2) is 0 Å². The molecule has 15 heavy (non-hydrogen) atoms. The molecule has 0 saturated carbocycles. The van der Waals surface area contributed by atoms with E-state index in [0.717, 1.165) is 0 Å². The third-order valence-corrected chi connectivity index (χ3v) is 0. The molecule has 0 aromatic carbocycles. The highest BCUT2D eigenvalue weighted by Crippen LogP contribution is 0.713. The van der Waals surface area contributed by atoms with Crippen molar-refractivity contribution in [3.05, 3.63) is 0 Å². The van der Waals surface area contributed by atoms with Crippen LogP contribution in [0.3, 0.4) is 0 Å². The Morgan fingerprint density at radius 3 is 0.200 bits per heavy atom. The highest BCUT2D eigenvalue weighted by Gasteiger charge is 0.747. The summed E-state index contributed by atoms with van der Waals surface area (Å²) in [6.45, 7) is 0. The Hall–Kier alpha value is -0.600. The molecule has 0 radical (unpaired) electrons. The van der Waals surface area contributed by atoms with Gasteiger partial charge in [-0.05, 0) is 0 Å². The molecule has 0 aromatic heterocycles. The molecule has 0 spiro atoms. The lowest BCUT2D eigenvalue weighted by Gasteiger charge is -1.25. The van der Waals surface area contributed by atoms with Crippen molar-refractivity contribution >= 4 is 0 Å². The lowest BCUT2D eigenvalue weighted by atomic mass is 15.0. The van der Waals surface area contributed by atoms with Gasteiger partial charge in [-0.2, -0.15) is 0 Å². The van der Waals surface area contributed by atoms with Gasteiger partial charge >= 0.3 is 0 Å². The quantitative estimate of drug-likeness (QED) is 0.244. The van der Waals surface area contributed by atoms with Crippen molar-refractivity contribution in [1.29, 1.82) is 0 Å². The fourth-order valence-corrected chi connectivity index (χ4v) is 0. The number of rotatable bonds is 0. The summed E-state index contributed by atoms with van der Waals surface area (Å²) in [5.74, 6) is 0. The van der Waals surface area contributed by atoms with Crippen LogP contribution in [0.5, 0.6) is 0 Å². The first-order valence-corrected chi connectivity index (χ1v) is 0.400. The van der Waals surface area contributed by atoms with E-state index in [1.54, 1.807) is 0 Å². The Balaban J connectivity index is -0.000000000280. The molecule has 0 aromatic rings. The Bertz CT molecular complexity index is 0. The van der Waals surface area contributed by atoms with Crippen molar-refractivity contribution in [2.45, 2.75) is 0 Å². The van der Waals surface area contributed by atoms with E-state index in [9.17, 15) is 0 Å². The maximum Gasteiger partial charge on any atom is -0.255 e. The fraction of sp³-hybridized carbons (Fsp3) is 0. The van der Waals surface area contributed by atoms with Crippen molar-refractivity contribution in [2.75, 3.05) is 0 Å². The Morgan fingerprint density at radius 1 is 0.200 bits per heavy atom. The first kappa shape index (κ1) is 1320. The Morgan fingerprint density at radius 2 is 0.200 bits per heavy atom. The second kappa shape index (κ2) is 5720. The van der Waals surface area contributed by atoms with Crippen molar-refractivity contribution in [3.63, 3.8) is 0 Å². The molecule has 0 saturated heterocycles. The van der Waals surface area contributed by atoms with Crippen LogP contribution in [0.25, 0.3) is 0 Å². The van der Waals surface area contributed by atoms with Crippen molar-refractivity contribution in [2.24, 2.45) is 0 Å². The van der Waals surface area contributed by atoms with Crippen molar-refractivity contribution in [3.8, 4) is 0 Å². The van der Waals surface area contributed by atoms with Gasteiger partial charge in [0.05, 0.1) is 0 Å². The van der Waals surface area contributed by atoms with E-state index in [4.69, 9.17) is 21.0 Å². The molecule has 0 amide bonds. The summed E-state index contributed by atoms with van der Waals surface area (Å²) in [5, 5.41) is 24.0. The zero-order chi connectivity index (χ0) is 4.00. The van der Waals surface area contributed by atoms with Gasteiger partial charge in [0.2, 0.25) is 0 Å². The molecule has 0 heterocycles. The molecule has 0 atom stereocenters. The average Bonchev–Trinajstić information content (AvgIpc) is 1.50. The third-order valence-electron chi connectivity index (χ3n) is 0. The molecule has 26 N–H and O–H groups in total. The average molecular weight is 266 g/mol. The topological polar surface area (TPSA) is 427 Å². The van der Waals surface area contributed by atoms with E-state index in [1.165, 1.54) is 0 Å². The van der Waals surface area contributed by atoms with Gasteiger partial charge in [0, 0.05) is 0 Å². The summed E-state index contributed by atoms with van der Waals surface area (Å²) in [6, 6.07) is 0. The fourth-order valence-electron chi connectivity index (χ4n) is 0. The predicted molar refractivity (Wildman–Crippen MR) is 50.3 cm³/mol. The Labute approximate surface area is 82.7 Å². The molecule has 0 unspecified atom stereocenters. The maximum atomic E-state index is 6.00. The smallest absolute Gasteiger partial charge is 0.255 e. The largest absolute Gasteiger partial charge is 0.412 e. The zero-order valence-corrected chi connectivity index (χ0v) is 7.29. The molecule has 116 valence electrons. The molecular weight excluding hydrogens is 240 g/mol. The molecule has 0 aliphatic rings. The normalized spacial score (nSPS) is 0.800. The van der Waals surface area contributed by atoms with Gasteiger partial charge in [-0.3, -0.25) is 21.0 Å². The van der Waals surface area contributed by atoms with Crippen molar-refractivity contribution in [1.82, 2.24) is 0 Å². The summed E-state index contributed by atoms with van der Waals surface area (Å²) in [7, 11) is 0. The first-order chi connectivity index (χ1) is 2.00. The molecule has 0 rings (SSSR count). The van der Waals surface area contributed by atoms with Crippen LogP contribution in [-0.4, -0.2) is 81.3 Å². The summed E-state index contributed by atoms with van der Waals surface area (Å²) < 4.78 is 0. The van der Waals surface area contributed by atoms with Gasteiger partial charge < -0.3 is 60.2 Å². The number of hydrogen-bond donors (Lipinski definition) is 4. The molecule has 0 aliphatic heterocycles. The summed E-state index contributed by atoms with van der Waals surface area (Å²) in [4.78, 5) is 0. The minimum Gasteiger partial charge on any atom is -0.412 e. The van der Waals surface area contributed by atoms with Crippen LogP contribution in [0, 0.1) is 0 Å². The monoisotopic (exact) mass is 266 g/mol. The summed E-state index contributed by atoms with van der Waals surface area (Å²) in [6.07, 6.45) is 0. The standard InChI is InChI=1S/2H2O2.11H2O/c2*1-2;;;;;;;;;;;/h2*1-2H;11*1H2. The second-order valence-electron chi connectivity index (χ2n) is 0. The van der Waals surface area contributed by atoms with Crippen molar-refractivity contribution < 1.29 is 81.3 Å². The van der Waals surface area contributed by atoms with Gasteiger partial charge in [0.25, 0.3) is 0 Å². The van der Waals surface area contributed by atoms with Gasteiger partial charge in [-0.1, -0.05) is 0 Å². The Kier molecular flexibility index (Phi) is 503000. The highest BCUT2D eigenvalue weighted by molar-refractivity contribution is 1.83. The molecule has 0 fully saturated rings. The third kappa shape index (κ3) is 4840. The summed E-state index contributed by atoms with van der Waals surface area (Å²) in [5.41, 5.74) is 0. The summed E-state index contributed by atoms with van der Waals surface area (Å²) >= 11 is 0. The van der Waals surface area contributed by atoms with E-state index in [2.05, 4.69) is 0 Å². The van der Waals surface area contributed by atoms with Crippen LogP contribution >= 0.6 is 0 Å². The zero-order valence-electron chi connectivity index (χ0n) is 7.29. The van der Waals surface area contributed by atoms with E-state index in [0.29, 0.717) is 0 Å². The van der Waals surface area contributed by atoms with Crippen LogP contribution < -0.4 is 0 Å². The van der Waals surface area contributed by atoms with E-state index in [1.807, 2.05) is 0 Å². The van der Waals surface area contributed by atoms with Gasteiger partial charge in [-0.15, -0.1) is 0 Å². The van der Waals surface area contributed by atoms with E-state index in [-0.39, 0.29) is 60.2 Å². The van der Waals surface area contributed by atoms with E-state index >= 15 is 0 Å². The molecule has 0 bridgehead atoms. The lowest BCUT2D eigenvalue weighted by molar-refractivity contribution is -0.176. The van der Waals surface area contributed by atoms with Crippen LogP contribution in [0.1, 0.15) is 0 Å². The second-order valence-corrected chi connectivity index (χ2v) is 0. The predicted octanol–water partition coefficient (Wildman–Crippen LogP) is -9.04. The van der Waals surface area contributed by atoms with Crippen LogP contribution in [0.15, 0.2) is 0 Å².